The van der Waals surface area contributed by atoms with E-state index >= 15 is 0 Å². The summed E-state index contributed by atoms with van der Waals surface area (Å²) in [6.07, 6.45) is 0.694. The lowest BCUT2D eigenvalue weighted by atomic mass is 10.1. The number of rotatable bonds is 5. The number of nitro groups is 1. The molecule has 0 aromatic carbocycles. The summed E-state index contributed by atoms with van der Waals surface area (Å²) in [5, 5.41) is 10.9. The highest BCUT2D eigenvalue weighted by Crippen LogP contribution is 2.40. The fourth-order valence-electron chi connectivity index (χ4n) is 1.59. The summed E-state index contributed by atoms with van der Waals surface area (Å²) in [7, 11) is -7.93. The predicted octanol–water partition coefficient (Wildman–Crippen LogP) is 0.0131. The van der Waals surface area contributed by atoms with Gasteiger partial charge in [-0.2, -0.15) is 16.8 Å². The molecule has 1 aliphatic carbocycles. The van der Waals surface area contributed by atoms with Crippen LogP contribution in [0.25, 0.3) is 0 Å². The molecule has 0 aromatic heterocycles. The molecule has 0 saturated carbocycles. The predicted molar refractivity (Wildman–Crippen MR) is 71.4 cm³/mol. The minimum Gasteiger partial charge on any atom is -0.272 e. The van der Waals surface area contributed by atoms with Crippen molar-refractivity contribution in [2.24, 2.45) is 0 Å². The van der Waals surface area contributed by atoms with E-state index in [9.17, 15) is 26.9 Å². The zero-order chi connectivity index (χ0) is 15.8. The number of hydrogen-bond acceptors (Lipinski definition) is 9. The van der Waals surface area contributed by atoms with Crippen molar-refractivity contribution < 1.29 is 30.1 Å². The van der Waals surface area contributed by atoms with Crippen LogP contribution in [0.3, 0.4) is 0 Å². The lowest BCUT2D eigenvalue weighted by molar-refractivity contribution is -0.428. The summed E-state index contributed by atoms with van der Waals surface area (Å²) in [5.74, 6) is 0. The van der Waals surface area contributed by atoms with Gasteiger partial charge in [0.1, 0.15) is 0 Å². The van der Waals surface area contributed by atoms with Crippen LogP contribution in [-0.4, -0.2) is 40.1 Å². The zero-order valence-corrected chi connectivity index (χ0v) is 12.9. The minimum absolute atomic E-state index is 0.150. The molecule has 9 nitrogen and oxygen atoms in total. The number of nitrogens with zero attached hydrogens (tertiary/aromatic N) is 1. The Balaban J connectivity index is 3.65. The molecule has 0 saturated heterocycles. The summed E-state index contributed by atoms with van der Waals surface area (Å²) >= 11 is 3.80. The van der Waals surface area contributed by atoms with Gasteiger partial charge in [-0.3, -0.25) is 18.5 Å². The molecule has 1 aliphatic rings. The highest BCUT2D eigenvalue weighted by atomic mass is 32.3. The van der Waals surface area contributed by atoms with Gasteiger partial charge in [0.25, 0.3) is 30.0 Å². The topological polar surface area (TPSA) is 130 Å². The van der Waals surface area contributed by atoms with E-state index in [4.69, 9.17) is 0 Å². The summed E-state index contributed by atoms with van der Waals surface area (Å²) in [4.78, 5) is 9.82. The Bertz CT molecular complexity index is 653. The number of thiol groups is 1. The molecule has 0 spiro atoms. The van der Waals surface area contributed by atoms with E-state index in [2.05, 4.69) is 21.0 Å². The van der Waals surface area contributed by atoms with Crippen LogP contribution in [-0.2, 0) is 28.6 Å². The molecular formula is C8H11NO8S3. The van der Waals surface area contributed by atoms with Gasteiger partial charge in [-0.25, -0.2) is 0 Å². The van der Waals surface area contributed by atoms with Gasteiger partial charge in [0, 0.05) is 0 Å². The van der Waals surface area contributed by atoms with Gasteiger partial charge in [0.05, 0.1) is 30.5 Å². The van der Waals surface area contributed by atoms with Crippen LogP contribution < -0.4 is 0 Å². The SMILES string of the molecule is COS(=O)(=O)C1(S(=O)(=O)OC)C=CC(S)=C([N+](=O)[O-])C1. The molecule has 0 amide bonds. The third-order valence-corrected chi connectivity index (χ3v) is 7.47. The molecule has 0 bridgehead atoms. The van der Waals surface area contributed by atoms with Gasteiger partial charge >= 0.3 is 0 Å². The molecule has 20 heavy (non-hydrogen) atoms. The first-order valence-electron chi connectivity index (χ1n) is 4.90. The minimum atomic E-state index is -4.71. The third kappa shape index (κ3) is 2.48. The number of allylic oxidation sites excluding steroid dienone is 2. The summed E-state index contributed by atoms with van der Waals surface area (Å²) in [6, 6.07) is 0. The second kappa shape index (κ2) is 5.44. The molecule has 0 radical (unpaired) electrons. The van der Waals surface area contributed by atoms with Crippen molar-refractivity contribution >= 4 is 32.9 Å². The van der Waals surface area contributed by atoms with Crippen molar-refractivity contribution in [3.63, 3.8) is 0 Å². The van der Waals surface area contributed by atoms with Crippen LogP contribution in [0.15, 0.2) is 22.8 Å². The smallest absolute Gasteiger partial charge is 0.272 e. The highest BCUT2D eigenvalue weighted by Gasteiger charge is 2.58. The van der Waals surface area contributed by atoms with E-state index in [1.165, 1.54) is 0 Å². The monoisotopic (exact) mass is 345 g/mol. The Morgan fingerprint density at radius 2 is 1.70 bits per heavy atom. The molecule has 0 atom stereocenters. The van der Waals surface area contributed by atoms with Crippen LogP contribution in [0.1, 0.15) is 6.42 Å². The van der Waals surface area contributed by atoms with Crippen LogP contribution in [0, 0.1) is 10.1 Å². The normalized spacial score (nSPS) is 19.1. The average Bonchev–Trinajstić information content (AvgIpc) is 2.38. The van der Waals surface area contributed by atoms with E-state index in [0.29, 0.717) is 0 Å². The molecule has 0 heterocycles. The summed E-state index contributed by atoms with van der Waals surface area (Å²) in [5.41, 5.74) is -0.669. The maximum absolute atomic E-state index is 12.0. The van der Waals surface area contributed by atoms with Crippen LogP contribution in [0.4, 0.5) is 0 Å². The standard InChI is InChI=1S/C8H11NO8S3/c1-16-19(12,13)8(20(14,15)17-2)4-3-7(18)6(5-8)9(10)11/h3-4,18H,5H2,1-2H3. The van der Waals surface area contributed by atoms with Crippen LogP contribution in [0.2, 0.25) is 0 Å². The lowest BCUT2D eigenvalue weighted by Crippen LogP contribution is -2.47. The second-order valence-corrected chi connectivity index (χ2v) is 8.33. The molecule has 114 valence electrons. The van der Waals surface area contributed by atoms with Crippen molar-refractivity contribution in [2.75, 3.05) is 14.2 Å². The first-order valence-corrected chi connectivity index (χ1v) is 8.17. The Hall–Kier alpha value is -0.950. The van der Waals surface area contributed by atoms with E-state index in [1.807, 2.05) is 0 Å². The van der Waals surface area contributed by atoms with E-state index < -0.39 is 41.4 Å². The van der Waals surface area contributed by atoms with E-state index in [-0.39, 0.29) is 4.91 Å². The largest absolute Gasteiger partial charge is 0.294 e. The summed E-state index contributed by atoms with van der Waals surface area (Å²) < 4.78 is 53.5. The van der Waals surface area contributed by atoms with Crippen molar-refractivity contribution in [3.8, 4) is 0 Å². The van der Waals surface area contributed by atoms with Crippen LogP contribution >= 0.6 is 12.6 Å². The van der Waals surface area contributed by atoms with Crippen molar-refractivity contribution in [3.05, 3.63) is 32.9 Å². The molecule has 12 heteroatoms. The number of hydrogen-bond donors (Lipinski definition) is 1. The lowest BCUT2D eigenvalue weighted by Gasteiger charge is -2.28. The first-order chi connectivity index (χ1) is 9.04. The fraction of sp³-hybridized carbons (Fsp3) is 0.500. The van der Waals surface area contributed by atoms with Gasteiger partial charge in [-0.15, -0.1) is 12.6 Å². The summed E-state index contributed by atoms with van der Waals surface area (Å²) in [6.45, 7) is 0. The zero-order valence-electron chi connectivity index (χ0n) is 10.3. The highest BCUT2D eigenvalue weighted by molar-refractivity contribution is 8.06. The quantitative estimate of drug-likeness (QED) is 0.319. The Morgan fingerprint density at radius 1 is 1.25 bits per heavy atom. The molecule has 0 aliphatic heterocycles. The molecular weight excluding hydrogens is 334 g/mol. The Labute approximate surface area is 121 Å². The van der Waals surface area contributed by atoms with Crippen molar-refractivity contribution in [1.82, 2.24) is 0 Å². The average molecular weight is 345 g/mol. The Kier molecular flexibility index (Phi) is 4.65. The molecule has 0 aromatic rings. The van der Waals surface area contributed by atoms with E-state index in [1.54, 1.807) is 0 Å². The Morgan fingerprint density at radius 3 is 2.05 bits per heavy atom. The van der Waals surface area contributed by atoms with Gasteiger partial charge < -0.3 is 0 Å². The van der Waals surface area contributed by atoms with Gasteiger partial charge in [-0.1, -0.05) is 0 Å². The van der Waals surface area contributed by atoms with E-state index in [0.717, 1.165) is 26.4 Å². The fourth-order valence-corrected chi connectivity index (χ4v) is 4.90. The van der Waals surface area contributed by atoms with Crippen LogP contribution in [0.5, 0.6) is 0 Å². The first kappa shape index (κ1) is 17.1. The molecule has 1 rings (SSSR count). The van der Waals surface area contributed by atoms with Gasteiger partial charge in [0.2, 0.25) is 0 Å². The van der Waals surface area contributed by atoms with Gasteiger partial charge in [0.15, 0.2) is 0 Å². The molecule has 0 unspecified atom stereocenters. The maximum Gasteiger partial charge on any atom is 0.294 e. The second-order valence-electron chi connectivity index (χ2n) is 3.65. The third-order valence-electron chi connectivity index (χ3n) is 2.71. The van der Waals surface area contributed by atoms with Crippen molar-refractivity contribution in [2.45, 2.75) is 10.5 Å². The van der Waals surface area contributed by atoms with Gasteiger partial charge in [-0.05, 0) is 12.2 Å². The maximum atomic E-state index is 12.0. The van der Waals surface area contributed by atoms with Crippen molar-refractivity contribution in [1.29, 1.82) is 0 Å². The molecule has 0 N–H and O–H groups in total. The molecule has 0 fully saturated rings.